The molecule has 112 valence electrons. The van der Waals surface area contributed by atoms with E-state index < -0.39 is 0 Å². The van der Waals surface area contributed by atoms with E-state index in [1.807, 2.05) is 0 Å². The molecule has 1 heterocycles. The maximum Gasteiger partial charge on any atom is 0.0449 e. The van der Waals surface area contributed by atoms with Crippen LogP contribution in [0.5, 0.6) is 0 Å². The zero-order valence-electron chi connectivity index (χ0n) is 13.4. The summed E-state index contributed by atoms with van der Waals surface area (Å²) in [5.74, 6) is 0. The third-order valence-corrected chi connectivity index (χ3v) is 5.01. The molecule has 1 aromatic rings. The van der Waals surface area contributed by atoms with E-state index in [-0.39, 0.29) is 0 Å². The fourth-order valence-corrected chi connectivity index (χ4v) is 3.11. The van der Waals surface area contributed by atoms with Crippen LogP contribution in [0.1, 0.15) is 51.6 Å². The van der Waals surface area contributed by atoms with Crippen molar-refractivity contribution in [2.24, 2.45) is 5.41 Å². The number of hydrogen-bond donors (Lipinski definition) is 1. The molecule has 1 fully saturated rings. The van der Waals surface area contributed by atoms with Crippen molar-refractivity contribution < 1.29 is 0 Å². The highest BCUT2D eigenvalue weighted by molar-refractivity contribution is 5.19. The van der Waals surface area contributed by atoms with E-state index in [9.17, 15) is 0 Å². The van der Waals surface area contributed by atoms with E-state index in [1.165, 1.54) is 37.9 Å². The summed E-state index contributed by atoms with van der Waals surface area (Å²) in [5.41, 5.74) is 2.00. The minimum atomic E-state index is 0.465. The van der Waals surface area contributed by atoms with Gasteiger partial charge in [0.15, 0.2) is 0 Å². The summed E-state index contributed by atoms with van der Waals surface area (Å²) in [6.45, 7) is 11.6. The second-order valence-corrected chi connectivity index (χ2v) is 6.49. The Balaban J connectivity index is 1.93. The quantitative estimate of drug-likeness (QED) is 0.847. The Bertz CT molecular complexity index is 380. The molecule has 20 heavy (non-hydrogen) atoms. The first-order valence-electron chi connectivity index (χ1n) is 8.17. The molecule has 0 bridgehead atoms. The van der Waals surface area contributed by atoms with Crippen molar-refractivity contribution in [3.63, 3.8) is 0 Å². The minimum Gasteiger partial charge on any atom is -0.309 e. The van der Waals surface area contributed by atoms with Crippen molar-refractivity contribution in [3.05, 3.63) is 35.9 Å². The molecular weight excluding hydrogens is 244 g/mol. The second kappa shape index (κ2) is 7.24. The molecule has 0 radical (unpaired) electrons. The average molecular weight is 274 g/mol. The molecule has 1 saturated heterocycles. The molecule has 1 atom stereocenters. The largest absolute Gasteiger partial charge is 0.309 e. The smallest absolute Gasteiger partial charge is 0.0449 e. The normalized spacial score (nSPS) is 20.8. The molecule has 1 N–H and O–H groups in total. The topological polar surface area (TPSA) is 15.3 Å². The number of likely N-dealkylation sites (N-methyl/N-ethyl adjacent to an activating group) is 1. The Morgan fingerprint density at radius 3 is 2.35 bits per heavy atom. The zero-order valence-corrected chi connectivity index (χ0v) is 13.4. The van der Waals surface area contributed by atoms with Crippen molar-refractivity contribution in [3.8, 4) is 0 Å². The van der Waals surface area contributed by atoms with Crippen LogP contribution >= 0.6 is 0 Å². The van der Waals surface area contributed by atoms with Crippen molar-refractivity contribution >= 4 is 0 Å². The SMILES string of the molecule is CCNC(CN1CCC(C)(CC)CC1)c1ccccc1. The van der Waals surface area contributed by atoms with Crippen molar-refractivity contribution in [1.82, 2.24) is 10.2 Å². The first-order valence-corrected chi connectivity index (χ1v) is 8.17. The van der Waals surface area contributed by atoms with Crippen LogP contribution < -0.4 is 5.32 Å². The van der Waals surface area contributed by atoms with Gasteiger partial charge >= 0.3 is 0 Å². The predicted octanol–water partition coefficient (Wildman–Crippen LogP) is 3.85. The molecule has 2 nitrogen and oxygen atoms in total. The molecule has 1 unspecified atom stereocenters. The lowest BCUT2D eigenvalue weighted by molar-refractivity contribution is 0.106. The third-order valence-electron chi connectivity index (χ3n) is 5.01. The highest BCUT2D eigenvalue weighted by Crippen LogP contribution is 2.34. The molecule has 0 aromatic heterocycles. The van der Waals surface area contributed by atoms with Gasteiger partial charge in [-0.1, -0.05) is 57.5 Å². The number of nitrogens with zero attached hydrogens (tertiary/aromatic N) is 1. The summed E-state index contributed by atoms with van der Waals surface area (Å²) in [4.78, 5) is 2.64. The lowest BCUT2D eigenvalue weighted by Crippen LogP contribution is -2.42. The fourth-order valence-electron chi connectivity index (χ4n) is 3.11. The van der Waals surface area contributed by atoms with E-state index in [1.54, 1.807) is 0 Å². The molecular formula is C18H30N2. The second-order valence-electron chi connectivity index (χ2n) is 6.49. The number of rotatable bonds is 6. The first kappa shape index (κ1) is 15.5. The summed E-state index contributed by atoms with van der Waals surface area (Å²) < 4.78 is 0. The number of benzene rings is 1. The Hall–Kier alpha value is -0.860. The van der Waals surface area contributed by atoms with Crippen molar-refractivity contribution in [2.45, 2.75) is 46.1 Å². The number of likely N-dealkylation sites (tertiary alicyclic amines) is 1. The predicted molar refractivity (Wildman–Crippen MR) is 86.9 cm³/mol. The summed E-state index contributed by atoms with van der Waals surface area (Å²) in [7, 11) is 0. The van der Waals surface area contributed by atoms with Crippen LogP contribution in [0.15, 0.2) is 30.3 Å². The van der Waals surface area contributed by atoms with Crippen LogP contribution in [0.4, 0.5) is 0 Å². The van der Waals surface area contributed by atoms with Gasteiger partial charge in [-0.2, -0.15) is 0 Å². The van der Waals surface area contributed by atoms with E-state index in [0.717, 1.165) is 13.1 Å². The summed E-state index contributed by atoms with van der Waals surface area (Å²) in [5, 5.41) is 3.64. The van der Waals surface area contributed by atoms with Gasteiger partial charge < -0.3 is 10.2 Å². The number of hydrogen-bond acceptors (Lipinski definition) is 2. The zero-order chi connectivity index (χ0) is 14.4. The lowest BCUT2D eigenvalue weighted by atomic mass is 9.78. The molecule has 1 aliphatic heterocycles. The Morgan fingerprint density at radius 1 is 1.15 bits per heavy atom. The van der Waals surface area contributed by atoms with Crippen LogP contribution in [0.25, 0.3) is 0 Å². The molecule has 0 amide bonds. The van der Waals surface area contributed by atoms with Gasteiger partial charge in [0.25, 0.3) is 0 Å². The van der Waals surface area contributed by atoms with Crippen LogP contribution in [-0.4, -0.2) is 31.1 Å². The van der Waals surface area contributed by atoms with Gasteiger partial charge in [0, 0.05) is 12.6 Å². The molecule has 0 aliphatic carbocycles. The Kier molecular flexibility index (Phi) is 5.62. The van der Waals surface area contributed by atoms with Gasteiger partial charge in [-0.25, -0.2) is 0 Å². The van der Waals surface area contributed by atoms with Crippen molar-refractivity contribution in [2.75, 3.05) is 26.2 Å². The standard InChI is InChI=1S/C18H30N2/c1-4-18(3)11-13-20(14-12-18)15-17(19-5-2)16-9-7-6-8-10-16/h6-10,17,19H,4-5,11-15H2,1-3H3. The minimum absolute atomic E-state index is 0.465. The number of nitrogens with one attached hydrogen (secondary N) is 1. The van der Waals surface area contributed by atoms with Crippen molar-refractivity contribution in [1.29, 1.82) is 0 Å². The molecule has 1 aromatic carbocycles. The van der Waals surface area contributed by atoms with E-state index in [2.05, 4.69) is 61.3 Å². The highest BCUT2D eigenvalue weighted by atomic mass is 15.2. The fraction of sp³-hybridized carbons (Fsp3) is 0.667. The first-order chi connectivity index (χ1) is 9.67. The molecule has 0 spiro atoms. The van der Waals surface area contributed by atoms with Crippen LogP contribution in [-0.2, 0) is 0 Å². The Labute approximate surface area is 124 Å². The van der Waals surface area contributed by atoms with Crippen LogP contribution in [0.2, 0.25) is 0 Å². The van der Waals surface area contributed by atoms with Gasteiger partial charge in [0.1, 0.15) is 0 Å². The van der Waals surface area contributed by atoms with Gasteiger partial charge in [0.2, 0.25) is 0 Å². The van der Waals surface area contributed by atoms with E-state index >= 15 is 0 Å². The van der Waals surface area contributed by atoms with E-state index in [4.69, 9.17) is 0 Å². The maximum atomic E-state index is 3.64. The summed E-state index contributed by atoms with van der Waals surface area (Å²) in [6.07, 6.45) is 4.00. The number of piperidine rings is 1. The highest BCUT2D eigenvalue weighted by Gasteiger charge is 2.29. The molecule has 0 saturated carbocycles. The lowest BCUT2D eigenvalue weighted by Gasteiger charge is -2.40. The van der Waals surface area contributed by atoms with E-state index in [0.29, 0.717) is 11.5 Å². The van der Waals surface area contributed by atoms with Gasteiger partial charge in [-0.15, -0.1) is 0 Å². The summed E-state index contributed by atoms with van der Waals surface area (Å²) in [6, 6.07) is 11.3. The Morgan fingerprint density at radius 2 is 1.80 bits per heavy atom. The third kappa shape index (κ3) is 4.07. The van der Waals surface area contributed by atoms with Gasteiger partial charge in [0.05, 0.1) is 0 Å². The van der Waals surface area contributed by atoms with Crippen LogP contribution in [0, 0.1) is 5.41 Å². The monoisotopic (exact) mass is 274 g/mol. The summed E-state index contributed by atoms with van der Waals surface area (Å²) >= 11 is 0. The van der Waals surface area contributed by atoms with Gasteiger partial charge in [-0.3, -0.25) is 0 Å². The molecule has 2 rings (SSSR count). The van der Waals surface area contributed by atoms with Gasteiger partial charge in [-0.05, 0) is 43.5 Å². The molecule has 2 heteroatoms. The maximum absolute atomic E-state index is 3.64. The average Bonchev–Trinajstić information content (AvgIpc) is 2.50. The van der Waals surface area contributed by atoms with Crippen LogP contribution in [0.3, 0.4) is 0 Å². The molecule has 1 aliphatic rings.